The number of unbranched alkanes of at least 4 members (excludes halogenated alkanes) is 2. The van der Waals surface area contributed by atoms with Crippen LogP contribution in [-0.2, 0) is 20.4 Å². The molecule has 1 aliphatic carbocycles. The summed E-state index contributed by atoms with van der Waals surface area (Å²) in [6.07, 6.45) is 12.0. The molecule has 0 aromatic heterocycles. The van der Waals surface area contributed by atoms with E-state index < -0.39 is 17.8 Å². The van der Waals surface area contributed by atoms with E-state index in [1.807, 2.05) is 12.1 Å². The Bertz CT molecular complexity index is 2250. The quantitative estimate of drug-likeness (QED) is 0.0505. The van der Waals surface area contributed by atoms with E-state index in [0.29, 0.717) is 30.0 Å². The van der Waals surface area contributed by atoms with Gasteiger partial charge < -0.3 is 9.80 Å². The number of hydrogen-bond donors (Lipinski definition) is 0. The van der Waals surface area contributed by atoms with Gasteiger partial charge in [-0.25, -0.2) is 4.79 Å². The van der Waals surface area contributed by atoms with Crippen LogP contribution in [0.2, 0.25) is 5.02 Å². The number of carbonyl (C=O) groups is 3. The molecule has 0 N–H and O–H groups in total. The van der Waals surface area contributed by atoms with Crippen molar-refractivity contribution >= 4 is 40.8 Å². The van der Waals surface area contributed by atoms with E-state index in [4.69, 9.17) is 17.1 Å². The molecule has 3 heterocycles. The smallest absolute Gasteiger partial charge is 0.333 e. The number of nitrogens with zero attached hydrogens (tertiary/aromatic N) is 7. The van der Waals surface area contributed by atoms with Gasteiger partial charge in [-0.15, -0.1) is 0 Å². The van der Waals surface area contributed by atoms with Crippen molar-refractivity contribution in [2.24, 2.45) is 5.11 Å². The van der Waals surface area contributed by atoms with Crippen molar-refractivity contribution in [2.45, 2.75) is 84.5 Å². The Hall–Kier alpha value is -5.49. The van der Waals surface area contributed by atoms with Crippen LogP contribution in [-0.4, -0.2) is 61.4 Å². The predicted molar refractivity (Wildman–Crippen MR) is 224 cm³/mol. The minimum absolute atomic E-state index is 0.0109. The van der Waals surface area contributed by atoms with Crippen molar-refractivity contribution in [2.75, 3.05) is 43.5 Å². The third kappa shape index (κ3) is 7.06. The van der Waals surface area contributed by atoms with E-state index in [2.05, 4.69) is 122 Å². The number of azide groups is 1. The summed E-state index contributed by atoms with van der Waals surface area (Å²) in [4.78, 5) is 50.0. The number of hydrogen-bond acceptors (Lipinski definition) is 6. The molecule has 4 aliphatic rings. The third-order valence-electron chi connectivity index (χ3n) is 11.5. The number of carbonyl (C=O) groups excluding carboxylic acids is 3. The van der Waals surface area contributed by atoms with Crippen molar-refractivity contribution in [3.8, 4) is 11.8 Å². The number of allylic oxidation sites excluding steroid dienone is 9. The lowest BCUT2D eigenvalue weighted by Gasteiger charge is -2.30. The van der Waals surface area contributed by atoms with Gasteiger partial charge in [-0.1, -0.05) is 68.4 Å². The van der Waals surface area contributed by atoms with Crippen LogP contribution in [0.3, 0.4) is 0 Å². The van der Waals surface area contributed by atoms with Crippen molar-refractivity contribution in [1.29, 1.82) is 0 Å². The van der Waals surface area contributed by atoms with E-state index in [-0.39, 0.29) is 16.4 Å². The van der Waals surface area contributed by atoms with Gasteiger partial charge in [-0.3, -0.25) is 19.4 Å². The molecule has 2 aromatic carbocycles. The molecule has 2 aromatic rings. The van der Waals surface area contributed by atoms with Crippen LogP contribution in [0.4, 0.5) is 16.2 Å². The fourth-order valence-corrected chi connectivity index (χ4v) is 8.64. The minimum atomic E-state index is -0.649. The van der Waals surface area contributed by atoms with E-state index >= 15 is 0 Å². The highest BCUT2D eigenvalue weighted by atomic mass is 35.5. The number of imide groups is 2. The van der Waals surface area contributed by atoms with Crippen molar-refractivity contribution in [1.82, 2.24) is 9.80 Å². The second-order valence-corrected chi connectivity index (χ2v) is 16.0. The molecule has 0 unspecified atom stereocenters. The maximum atomic E-state index is 13.9. The van der Waals surface area contributed by atoms with Crippen LogP contribution < -0.4 is 9.80 Å². The molecule has 6 rings (SSSR count). The fraction of sp³-hybridized carbons (Fsp3) is 0.400. The highest BCUT2D eigenvalue weighted by Crippen LogP contribution is 2.50. The van der Waals surface area contributed by atoms with Gasteiger partial charge in [0.25, 0.3) is 11.8 Å². The molecule has 11 heteroatoms. The van der Waals surface area contributed by atoms with E-state index in [1.165, 1.54) is 19.7 Å². The number of likely N-dealkylation sites (N-methyl/N-ethyl adjacent to an activating group) is 4. The summed E-state index contributed by atoms with van der Waals surface area (Å²) in [7, 11) is 2.84. The Morgan fingerprint density at radius 2 is 1.32 bits per heavy atom. The van der Waals surface area contributed by atoms with Gasteiger partial charge in [0.1, 0.15) is 5.57 Å². The number of halogens is 1. The average molecular weight is 772 g/mol. The molecule has 10 nitrogen and oxygen atoms in total. The summed E-state index contributed by atoms with van der Waals surface area (Å²) >= 11 is 6.46. The Balaban J connectivity index is 1.41. The van der Waals surface area contributed by atoms with Gasteiger partial charge in [0, 0.05) is 89.2 Å². The lowest BCUT2D eigenvalue weighted by Crippen LogP contribution is -2.53. The molecule has 0 atom stereocenters. The summed E-state index contributed by atoms with van der Waals surface area (Å²) in [6.45, 7) is 15.0. The minimum Gasteiger partial charge on any atom is -0.344 e. The summed E-state index contributed by atoms with van der Waals surface area (Å²) in [5.41, 5.74) is 17.8. The zero-order chi connectivity index (χ0) is 40.5. The first kappa shape index (κ1) is 40.2. The summed E-state index contributed by atoms with van der Waals surface area (Å²) in [6, 6.07) is 11.7. The summed E-state index contributed by atoms with van der Waals surface area (Å²) < 4.78 is 0. The lowest BCUT2D eigenvalue weighted by molar-refractivity contribution is -0.134. The van der Waals surface area contributed by atoms with Crippen LogP contribution in [0.15, 0.2) is 99.5 Å². The molecule has 1 saturated carbocycles. The molecular formula is C45H50ClN7O3. The second-order valence-electron chi connectivity index (χ2n) is 15.6. The van der Waals surface area contributed by atoms with Gasteiger partial charge in [-0.2, -0.15) is 0 Å². The van der Waals surface area contributed by atoms with E-state index in [9.17, 15) is 14.4 Å². The van der Waals surface area contributed by atoms with Gasteiger partial charge in [-0.05, 0) is 121 Å². The first-order chi connectivity index (χ1) is 26.7. The molecule has 1 saturated heterocycles. The molecule has 290 valence electrons. The number of fused-ring (bicyclic) bond motifs is 2. The first-order valence-corrected chi connectivity index (χ1v) is 19.7. The normalized spacial score (nSPS) is 21.4. The first-order valence-electron chi connectivity index (χ1n) is 19.4. The highest BCUT2D eigenvalue weighted by Gasteiger charge is 2.43. The topological polar surface area (TPSA) is 113 Å². The molecule has 2 fully saturated rings. The molecule has 0 bridgehead atoms. The Kier molecular flexibility index (Phi) is 11.4. The van der Waals surface area contributed by atoms with E-state index in [0.717, 1.165) is 87.2 Å². The summed E-state index contributed by atoms with van der Waals surface area (Å²) in [5, 5.41) is 4.28. The Morgan fingerprint density at radius 1 is 0.786 bits per heavy atom. The zero-order valence-corrected chi connectivity index (χ0v) is 34.4. The van der Waals surface area contributed by atoms with Crippen molar-refractivity contribution in [3.63, 3.8) is 0 Å². The largest absolute Gasteiger partial charge is 0.344 e. The number of benzene rings is 2. The molecule has 4 amide bonds. The maximum absolute atomic E-state index is 13.9. The van der Waals surface area contributed by atoms with Crippen LogP contribution in [0.1, 0.15) is 90.3 Å². The predicted octanol–water partition coefficient (Wildman–Crippen LogP) is 9.87. The SMILES string of the molecule is CCN1/C(=C/C=C2\CC/C(=C\C=C3\N(CC)c4ccc(C#CCCCCN=[N+]=[N-])cc4C3(C)C)C2=C2C(=O)N(C)C(=O)N(C)C2=O)C(C)(C)c2cc(Cl)ccc21. The van der Waals surface area contributed by atoms with Crippen LogP contribution in [0.25, 0.3) is 10.4 Å². The number of urea groups is 1. The zero-order valence-electron chi connectivity index (χ0n) is 33.7. The van der Waals surface area contributed by atoms with Crippen LogP contribution in [0.5, 0.6) is 0 Å². The molecule has 0 radical (unpaired) electrons. The fourth-order valence-electron chi connectivity index (χ4n) is 8.47. The molecule has 0 spiro atoms. The average Bonchev–Trinajstić information content (AvgIpc) is 3.74. The molecule has 3 aliphatic heterocycles. The van der Waals surface area contributed by atoms with Gasteiger partial charge in [0.15, 0.2) is 0 Å². The maximum Gasteiger partial charge on any atom is 0.333 e. The van der Waals surface area contributed by atoms with Gasteiger partial charge in [0.2, 0.25) is 0 Å². The molecular weight excluding hydrogens is 722 g/mol. The van der Waals surface area contributed by atoms with Crippen LogP contribution in [0, 0.1) is 11.8 Å². The molecule has 56 heavy (non-hydrogen) atoms. The number of anilines is 2. The van der Waals surface area contributed by atoms with Gasteiger partial charge >= 0.3 is 6.03 Å². The standard InChI is InChI=1S/C45H50ClN7O3/c1-9-52-35-22-16-29(15-13-11-12-14-26-48-49-47)27-33(35)44(3,4)37(52)24-19-30-17-18-31(39(30)40-41(54)50(7)43(56)51(8)42(40)55)20-25-38-45(5,6)34-28-32(46)21-23-36(34)53(38)10-2/h16,19-25,27-28H,9-12,14,17-18,26H2,1-8H3/b30-19+,31-20+,37-24+,38-25+. The monoisotopic (exact) mass is 771 g/mol. The van der Waals surface area contributed by atoms with Crippen molar-refractivity contribution < 1.29 is 14.4 Å². The third-order valence-corrected chi connectivity index (χ3v) is 11.8. The second kappa shape index (κ2) is 15.9. The van der Waals surface area contributed by atoms with E-state index in [1.54, 1.807) is 0 Å². The Morgan fingerprint density at radius 3 is 1.86 bits per heavy atom. The number of barbiturate groups is 1. The number of rotatable bonds is 8. The lowest BCUT2D eigenvalue weighted by atomic mass is 9.83. The van der Waals surface area contributed by atoms with Crippen LogP contribution >= 0.6 is 11.6 Å². The van der Waals surface area contributed by atoms with Gasteiger partial charge in [0.05, 0.1) is 0 Å². The van der Waals surface area contributed by atoms with Crippen molar-refractivity contribution in [3.05, 3.63) is 127 Å². The Labute approximate surface area is 335 Å². The number of amides is 4. The highest BCUT2D eigenvalue weighted by molar-refractivity contribution is 6.31. The summed E-state index contributed by atoms with van der Waals surface area (Å²) in [5.74, 6) is 5.39.